The molecule has 0 saturated carbocycles. The number of hydrogen-bond donors (Lipinski definition) is 2. The highest BCUT2D eigenvalue weighted by molar-refractivity contribution is 5.78. The molecule has 0 amide bonds. The van der Waals surface area contributed by atoms with E-state index in [0.717, 1.165) is 46.4 Å². The van der Waals surface area contributed by atoms with Crippen LogP contribution in [0, 0.1) is 6.92 Å². The van der Waals surface area contributed by atoms with E-state index in [-0.39, 0.29) is 6.04 Å². The normalized spacial score (nSPS) is 19.4. The van der Waals surface area contributed by atoms with E-state index in [1.807, 2.05) is 19.4 Å². The molecule has 130 valence electrons. The smallest absolute Gasteiger partial charge is 0.121 e. The second-order valence-electron chi connectivity index (χ2n) is 6.74. The highest BCUT2D eigenvalue weighted by Gasteiger charge is 2.29. The average Bonchev–Trinajstić information content (AvgIpc) is 3.14. The van der Waals surface area contributed by atoms with E-state index in [0.29, 0.717) is 0 Å². The number of fused-ring (bicyclic) bond motifs is 2. The lowest BCUT2D eigenvalue weighted by atomic mass is 10.1. The minimum Gasteiger partial charge on any atom is -0.496 e. The summed E-state index contributed by atoms with van der Waals surface area (Å²) < 4.78 is 7.47. The molecule has 0 radical (unpaired) electrons. The van der Waals surface area contributed by atoms with Crippen LogP contribution in [0.5, 0.6) is 5.75 Å². The minimum absolute atomic E-state index is 0.198. The molecule has 2 aromatic carbocycles. The van der Waals surface area contributed by atoms with Crippen molar-refractivity contribution in [2.24, 2.45) is 0 Å². The van der Waals surface area contributed by atoms with Gasteiger partial charge in [0.25, 0.3) is 0 Å². The molecular weight excluding hydrogens is 314 g/mol. The maximum atomic E-state index is 10.4. The van der Waals surface area contributed by atoms with Crippen molar-refractivity contribution in [3.05, 3.63) is 58.9 Å². The molecule has 0 bridgehead atoms. The third-order valence-corrected chi connectivity index (χ3v) is 5.18. The van der Waals surface area contributed by atoms with Gasteiger partial charge in [0.15, 0.2) is 0 Å². The fourth-order valence-corrected chi connectivity index (χ4v) is 3.84. The zero-order chi connectivity index (χ0) is 17.6. The molecule has 1 aromatic heterocycles. The summed E-state index contributed by atoms with van der Waals surface area (Å²) in [5, 5.41) is 13.6. The molecule has 0 spiro atoms. The van der Waals surface area contributed by atoms with Crippen LogP contribution in [0.15, 0.2) is 36.7 Å². The van der Waals surface area contributed by atoms with E-state index >= 15 is 0 Å². The van der Waals surface area contributed by atoms with Crippen LogP contribution in [0.1, 0.15) is 40.8 Å². The predicted octanol–water partition coefficient (Wildman–Crippen LogP) is 3.10. The quantitative estimate of drug-likeness (QED) is 0.768. The van der Waals surface area contributed by atoms with Crippen LogP contribution in [0.25, 0.3) is 11.0 Å². The van der Waals surface area contributed by atoms with E-state index in [2.05, 4.69) is 46.1 Å². The molecule has 2 N–H and O–H groups in total. The SMILES string of the molecule is CN[C@H]1C[C@H](O)c2cc3c(cc21)ncn3Cc1ccc(OC)c(C)c1. The Bertz CT molecular complexity index is 932. The molecule has 25 heavy (non-hydrogen) atoms. The van der Waals surface area contributed by atoms with Gasteiger partial charge in [-0.15, -0.1) is 0 Å². The summed E-state index contributed by atoms with van der Waals surface area (Å²) in [4.78, 5) is 4.57. The molecule has 0 unspecified atom stereocenters. The summed E-state index contributed by atoms with van der Waals surface area (Å²) in [6.45, 7) is 2.79. The molecule has 0 aliphatic heterocycles. The first-order chi connectivity index (χ1) is 12.1. The number of aliphatic hydroxyl groups excluding tert-OH is 1. The standard InChI is InChI=1S/C20H23N3O2/c1-12-6-13(4-5-20(12)25-3)10-23-11-22-17-7-14-15(8-18(17)23)19(24)9-16(14)21-2/h4-8,11,16,19,21,24H,9-10H2,1-3H3/t16-,19-/m0/s1. The van der Waals surface area contributed by atoms with E-state index in [4.69, 9.17) is 4.74 Å². The van der Waals surface area contributed by atoms with Crippen LogP contribution in [0.4, 0.5) is 0 Å². The Hall–Kier alpha value is -2.37. The lowest BCUT2D eigenvalue weighted by Gasteiger charge is -2.11. The summed E-state index contributed by atoms with van der Waals surface area (Å²) >= 11 is 0. The number of aliphatic hydroxyl groups is 1. The molecule has 2 atom stereocenters. The zero-order valence-corrected chi connectivity index (χ0v) is 14.8. The molecular formula is C20H23N3O2. The Morgan fingerprint density at radius 2 is 2.12 bits per heavy atom. The number of ether oxygens (including phenoxy) is 1. The number of rotatable bonds is 4. The number of aromatic nitrogens is 2. The van der Waals surface area contributed by atoms with Crippen molar-refractivity contribution in [2.75, 3.05) is 14.2 Å². The van der Waals surface area contributed by atoms with Gasteiger partial charge in [-0.1, -0.05) is 12.1 Å². The number of benzene rings is 2. The van der Waals surface area contributed by atoms with E-state index in [1.165, 1.54) is 5.56 Å². The van der Waals surface area contributed by atoms with Crippen LogP contribution >= 0.6 is 0 Å². The fourth-order valence-electron chi connectivity index (χ4n) is 3.84. The van der Waals surface area contributed by atoms with Gasteiger partial charge >= 0.3 is 0 Å². The largest absolute Gasteiger partial charge is 0.496 e. The van der Waals surface area contributed by atoms with Crippen molar-refractivity contribution >= 4 is 11.0 Å². The van der Waals surface area contributed by atoms with E-state index in [1.54, 1.807) is 7.11 Å². The number of aryl methyl sites for hydroxylation is 1. The van der Waals surface area contributed by atoms with Crippen LogP contribution in [0.3, 0.4) is 0 Å². The van der Waals surface area contributed by atoms with Gasteiger partial charge in [-0.05, 0) is 60.8 Å². The van der Waals surface area contributed by atoms with Crippen LogP contribution in [-0.4, -0.2) is 28.8 Å². The first-order valence-corrected chi connectivity index (χ1v) is 8.58. The van der Waals surface area contributed by atoms with Gasteiger partial charge in [0.1, 0.15) is 5.75 Å². The van der Waals surface area contributed by atoms with Crippen molar-refractivity contribution < 1.29 is 9.84 Å². The molecule has 5 nitrogen and oxygen atoms in total. The first kappa shape index (κ1) is 16.1. The third-order valence-electron chi connectivity index (χ3n) is 5.18. The highest BCUT2D eigenvalue weighted by Crippen LogP contribution is 2.40. The topological polar surface area (TPSA) is 59.3 Å². The first-order valence-electron chi connectivity index (χ1n) is 8.58. The van der Waals surface area contributed by atoms with Gasteiger partial charge in [-0.2, -0.15) is 0 Å². The van der Waals surface area contributed by atoms with Crippen LogP contribution < -0.4 is 10.1 Å². The highest BCUT2D eigenvalue weighted by atomic mass is 16.5. The predicted molar refractivity (Wildman–Crippen MR) is 97.9 cm³/mol. The Balaban J connectivity index is 1.72. The number of nitrogens with zero attached hydrogens (tertiary/aromatic N) is 2. The second kappa shape index (κ2) is 6.17. The molecule has 3 aromatic rings. The molecule has 1 aliphatic carbocycles. The minimum atomic E-state index is -0.413. The van der Waals surface area contributed by atoms with Crippen molar-refractivity contribution in [1.82, 2.24) is 14.9 Å². The van der Waals surface area contributed by atoms with E-state index in [9.17, 15) is 5.11 Å². The van der Waals surface area contributed by atoms with E-state index < -0.39 is 6.10 Å². The number of hydrogen-bond acceptors (Lipinski definition) is 4. The second-order valence-corrected chi connectivity index (χ2v) is 6.74. The molecule has 4 rings (SSSR count). The average molecular weight is 337 g/mol. The van der Waals surface area contributed by atoms with Gasteiger partial charge in [0, 0.05) is 12.6 Å². The molecule has 5 heteroatoms. The number of imidazole rings is 1. The van der Waals surface area contributed by atoms with Crippen LogP contribution in [-0.2, 0) is 6.54 Å². The summed E-state index contributed by atoms with van der Waals surface area (Å²) in [5.41, 5.74) is 6.53. The molecule has 0 saturated heterocycles. The van der Waals surface area contributed by atoms with Gasteiger partial charge in [0.05, 0.1) is 30.6 Å². The zero-order valence-electron chi connectivity index (χ0n) is 14.8. The summed E-state index contributed by atoms with van der Waals surface area (Å²) in [6, 6.07) is 10.6. The Morgan fingerprint density at radius 1 is 1.28 bits per heavy atom. The monoisotopic (exact) mass is 337 g/mol. The van der Waals surface area contributed by atoms with Gasteiger partial charge in [0.2, 0.25) is 0 Å². The van der Waals surface area contributed by atoms with Crippen LogP contribution in [0.2, 0.25) is 0 Å². The molecule has 1 heterocycles. The lowest BCUT2D eigenvalue weighted by molar-refractivity contribution is 0.170. The van der Waals surface area contributed by atoms with Crippen molar-refractivity contribution in [1.29, 1.82) is 0 Å². The lowest BCUT2D eigenvalue weighted by Crippen LogP contribution is -2.13. The molecule has 1 aliphatic rings. The maximum Gasteiger partial charge on any atom is 0.121 e. The summed E-state index contributed by atoms with van der Waals surface area (Å²) in [6.07, 6.45) is 2.18. The Kier molecular flexibility index (Phi) is 3.98. The summed E-state index contributed by atoms with van der Waals surface area (Å²) in [7, 11) is 3.62. The summed E-state index contributed by atoms with van der Waals surface area (Å²) in [5.74, 6) is 0.901. The van der Waals surface area contributed by atoms with Crippen molar-refractivity contribution in [3.63, 3.8) is 0 Å². The maximum absolute atomic E-state index is 10.4. The number of nitrogens with one attached hydrogen (secondary N) is 1. The Morgan fingerprint density at radius 3 is 2.84 bits per heavy atom. The molecule has 0 fully saturated rings. The fraction of sp³-hybridized carbons (Fsp3) is 0.350. The van der Waals surface area contributed by atoms with Gasteiger partial charge in [-0.3, -0.25) is 0 Å². The number of methoxy groups -OCH3 is 1. The van der Waals surface area contributed by atoms with Crippen molar-refractivity contribution in [2.45, 2.75) is 32.0 Å². The third kappa shape index (κ3) is 2.69. The van der Waals surface area contributed by atoms with Crippen molar-refractivity contribution in [3.8, 4) is 5.75 Å². The Labute approximate surface area is 147 Å². The van der Waals surface area contributed by atoms with Gasteiger partial charge in [-0.25, -0.2) is 4.98 Å². The van der Waals surface area contributed by atoms with Gasteiger partial charge < -0.3 is 19.7 Å².